The SMILES string of the molecule is COc1cc(OC)c2c(=O)c(OCCCSc3ncnc4ccc(Br)cc34)c(-c3cc(OC)c(OC)c(OC)c3)oc2c1. The van der Waals surface area contributed by atoms with Crippen molar-refractivity contribution >= 4 is 49.6 Å². The quantitative estimate of drug-likeness (QED) is 0.0797. The summed E-state index contributed by atoms with van der Waals surface area (Å²) in [5, 5.41) is 2.07. The smallest absolute Gasteiger partial charge is 0.239 e. The molecule has 0 bridgehead atoms. The van der Waals surface area contributed by atoms with Crippen molar-refractivity contribution in [3.63, 3.8) is 0 Å². The minimum atomic E-state index is -0.385. The summed E-state index contributed by atoms with van der Waals surface area (Å²) in [6.45, 7) is 0.242. The van der Waals surface area contributed by atoms with E-state index in [-0.39, 0.29) is 34.5 Å². The first-order valence-corrected chi connectivity index (χ1v) is 14.9. The number of hydrogen-bond acceptors (Lipinski definition) is 11. The van der Waals surface area contributed by atoms with E-state index in [4.69, 9.17) is 32.8 Å². The predicted octanol–water partition coefficient (Wildman–Crippen LogP) is 6.77. The van der Waals surface area contributed by atoms with Crippen LogP contribution in [-0.2, 0) is 0 Å². The van der Waals surface area contributed by atoms with Crippen LogP contribution in [-0.4, -0.2) is 57.9 Å². The normalized spacial score (nSPS) is 11.0. The lowest BCUT2D eigenvalue weighted by molar-refractivity contribution is 0.309. The first kappa shape index (κ1) is 30.3. The molecule has 0 N–H and O–H groups in total. The predicted molar refractivity (Wildman–Crippen MR) is 169 cm³/mol. The number of benzene rings is 3. The topological polar surface area (TPSA) is 111 Å². The summed E-state index contributed by atoms with van der Waals surface area (Å²) < 4.78 is 41.0. The zero-order valence-electron chi connectivity index (χ0n) is 24.2. The maximum absolute atomic E-state index is 14.0. The van der Waals surface area contributed by atoms with Crippen LogP contribution in [0.15, 0.2) is 67.5 Å². The minimum absolute atomic E-state index is 0.0339. The van der Waals surface area contributed by atoms with E-state index < -0.39 is 0 Å². The van der Waals surface area contributed by atoms with E-state index in [2.05, 4.69) is 25.9 Å². The van der Waals surface area contributed by atoms with Crippen molar-refractivity contribution < 1.29 is 32.8 Å². The van der Waals surface area contributed by atoms with E-state index in [9.17, 15) is 4.79 Å². The summed E-state index contributed by atoms with van der Waals surface area (Å²) in [5.74, 6) is 2.90. The Morgan fingerprint density at radius 1 is 0.837 bits per heavy atom. The molecule has 5 rings (SSSR count). The highest BCUT2D eigenvalue weighted by Crippen LogP contribution is 2.44. The molecule has 224 valence electrons. The van der Waals surface area contributed by atoms with E-state index in [1.807, 2.05) is 18.2 Å². The average molecular weight is 670 g/mol. The summed E-state index contributed by atoms with van der Waals surface area (Å²) in [5.41, 5.74) is 1.25. The maximum Gasteiger partial charge on any atom is 0.239 e. The average Bonchev–Trinajstić information content (AvgIpc) is 3.03. The molecule has 12 heteroatoms. The van der Waals surface area contributed by atoms with E-state index in [1.165, 1.54) is 35.5 Å². The van der Waals surface area contributed by atoms with Gasteiger partial charge in [-0.3, -0.25) is 4.79 Å². The molecule has 0 atom stereocenters. The number of halogens is 1. The van der Waals surface area contributed by atoms with Gasteiger partial charge in [-0.1, -0.05) is 15.9 Å². The number of fused-ring (bicyclic) bond motifs is 2. The molecule has 0 aliphatic heterocycles. The first-order chi connectivity index (χ1) is 20.9. The van der Waals surface area contributed by atoms with Crippen LogP contribution in [0.1, 0.15) is 6.42 Å². The number of rotatable bonds is 12. The Morgan fingerprint density at radius 2 is 1.58 bits per heavy atom. The Bertz CT molecular complexity index is 1820. The fraction of sp³-hybridized carbons (Fsp3) is 0.258. The molecule has 0 aliphatic rings. The van der Waals surface area contributed by atoms with Crippen LogP contribution in [0, 0.1) is 0 Å². The molecule has 0 radical (unpaired) electrons. The number of methoxy groups -OCH3 is 5. The molecule has 0 saturated heterocycles. The Balaban J connectivity index is 1.50. The number of hydrogen-bond donors (Lipinski definition) is 0. The lowest BCUT2D eigenvalue weighted by atomic mass is 10.1. The van der Waals surface area contributed by atoms with Crippen LogP contribution in [0.25, 0.3) is 33.2 Å². The molecule has 0 amide bonds. The number of ether oxygens (including phenoxy) is 6. The van der Waals surface area contributed by atoms with Crippen molar-refractivity contribution in [2.75, 3.05) is 47.9 Å². The molecule has 0 aliphatic carbocycles. The van der Waals surface area contributed by atoms with Crippen LogP contribution >= 0.6 is 27.7 Å². The Labute approximate surface area is 260 Å². The molecule has 5 aromatic rings. The van der Waals surface area contributed by atoms with Crippen molar-refractivity contribution in [1.82, 2.24) is 9.97 Å². The van der Waals surface area contributed by atoms with E-state index in [0.29, 0.717) is 46.5 Å². The van der Waals surface area contributed by atoms with Gasteiger partial charge in [0.1, 0.15) is 33.8 Å². The molecule has 3 aromatic carbocycles. The number of nitrogens with zero attached hydrogens (tertiary/aromatic N) is 2. The molecule has 0 unspecified atom stereocenters. The summed E-state index contributed by atoms with van der Waals surface area (Å²) in [7, 11) is 7.56. The van der Waals surface area contributed by atoms with E-state index in [0.717, 1.165) is 20.4 Å². The van der Waals surface area contributed by atoms with Gasteiger partial charge in [0.15, 0.2) is 17.3 Å². The second-order valence-corrected chi connectivity index (χ2v) is 11.1. The van der Waals surface area contributed by atoms with Crippen molar-refractivity contribution in [3.05, 3.63) is 63.5 Å². The summed E-state index contributed by atoms with van der Waals surface area (Å²) in [6, 6.07) is 12.5. The van der Waals surface area contributed by atoms with Gasteiger partial charge in [0.25, 0.3) is 0 Å². The van der Waals surface area contributed by atoms with Crippen molar-refractivity contribution in [1.29, 1.82) is 0 Å². The standard InChI is InChI=1S/C31H29BrN2O8S/c1-36-19-14-22(37-2)26-23(15-19)42-28(17-11-24(38-3)29(40-5)25(12-17)39-4)30(27(26)35)41-9-6-10-43-31-20-13-18(32)7-8-21(20)33-16-34-31/h7-8,11-16H,6,9-10H2,1-5H3. The van der Waals surface area contributed by atoms with Crippen LogP contribution in [0.5, 0.6) is 34.5 Å². The minimum Gasteiger partial charge on any atom is -0.496 e. The monoisotopic (exact) mass is 668 g/mol. The molecule has 43 heavy (non-hydrogen) atoms. The van der Waals surface area contributed by atoms with Gasteiger partial charge in [0.05, 0.1) is 47.7 Å². The van der Waals surface area contributed by atoms with Crippen molar-refractivity contribution in [2.24, 2.45) is 0 Å². The third-order valence-electron chi connectivity index (χ3n) is 6.61. The van der Waals surface area contributed by atoms with Gasteiger partial charge in [-0.05, 0) is 36.8 Å². The zero-order chi connectivity index (χ0) is 30.5. The molecule has 0 fully saturated rings. The van der Waals surface area contributed by atoms with Gasteiger partial charge >= 0.3 is 0 Å². The fourth-order valence-electron chi connectivity index (χ4n) is 4.58. The second-order valence-electron chi connectivity index (χ2n) is 9.10. The zero-order valence-corrected chi connectivity index (χ0v) is 26.6. The van der Waals surface area contributed by atoms with Crippen molar-refractivity contribution in [3.8, 4) is 45.8 Å². The fourth-order valence-corrected chi connectivity index (χ4v) is 5.83. The van der Waals surface area contributed by atoms with Crippen LogP contribution in [0.2, 0.25) is 0 Å². The molecule has 10 nitrogen and oxygen atoms in total. The largest absolute Gasteiger partial charge is 0.496 e. The van der Waals surface area contributed by atoms with Gasteiger partial charge in [0, 0.05) is 33.3 Å². The van der Waals surface area contributed by atoms with Gasteiger partial charge < -0.3 is 32.8 Å². The Hall–Kier alpha value is -4.16. The van der Waals surface area contributed by atoms with E-state index >= 15 is 0 Å². The molecule has 2 aromatic heterocycles. The number of aromatic nitrogens is 2. The van der Waals surface area contributed by atoms with Crippen LogP contribution in [0.3, 0.4) is 0 Å². The highest BCUT2D eigenvalue weighted by molar-refractivity contribution is 9.10. The van der Waals surface area contributed by atoms with Crippen LogP contribution < -0.4 is 33.8 Å². The van der Waals surface area contributed by atoms with Gasteiger partial charge in [-0.15, -0.1) is 11.8 Å². The second kappa shape index (κ2) is 13.4. The molecular formula is C31H29BrN2O8S. The van der Waals surface area contributed by atoms with Gasteiger partial charge in [-0.25, -0.2) is 9.97 Å². The molecule has 2 heterocycles. The van der Waals surface area contributed by atoms with Crippen LogP contribution in [0.4, 0.5) is 0 Å². The Kier molecular flexibility index (Phi) is 9.46. The molecule has 0 saturated carbocycles. The molecular weight excluding hydrogens is 640 g/mol. The summed E-state index contributed by atoms with van der Waals surface area (Å²) in [4.78, 5) is 22.8. The summed E-state index contributed by atoms with van der Waals surface area (Å²) >= 11 is 5.11. The first-order valence-electron chi connectivity index (χ1n) is 13.1. The lowest BCUT2D eigenvalue weighted by Crippen LogP contribution is -2.12. The van der Waals surface area contributed by atoms with Crippen molar-refractivity contribution in [2.45, 2.75) is 11.4 Å². The van der Waals surface area contributed by atoms with Gasteiger partial charge in [0.2, 0.25) is 16.9 Å². The maximum atomic E-state index is 14.0. The Morgan fingerprint density at radius 3 is 2.26 bits per heavy atom. The highest BCUT2D eigenvalue weighted by atomic mass is 79.9. The third kappa shape index (κ3) is 6.16. The van der Waals surface area contributed by atoms with Gasteiger partial charge in [-0.2, -0.15) is 0 Å². The third-order valence-corrected chi connectivity index (χ3v) is 8.19. The summed E-state index contributed by atoms with van der Waals surface area (Å²) in [6.07, 6.45) is 2.18. The highest BCUT2D eigenvalue weighted by Gasteiger charge is 2.24. The lowest BCUT2D eigenvalue weighted by Gasteiger charge is -2.17. The number of thioether (sulfide) groups is 1. The van der Waals surface area contributed by atoms with E-state index in [1.54, 1.807) is 42.4 Å². The molecule has 0 spiro atoms.